The van der Waals surface area contributed by atoms with Crippen molar-refractivity contribution in [2.24, 2.45) is 0 Å². The van der Waals surface area contributed by atoms with Crippen LogP contribution < -0.4 is 10.0 Å². The van der Waals surface area contributed by atoms with Crippen molar-refractivity contribution >= 4 is 26.9 Å². The van der Waals surface area contributed by atoms with E-state index < -0.39 is 10.0 Å². The molecular weight excluding hydrogens is 332 g/mol. The summed E-state index contributed by atoms with van der Waals surface area (Å²) in [5.74, 6) is -0.180. The van der Waals surface area contributed by atoms with Crippen molar-refractivity contribution in [3.63, 3.8) is 0 Å². The SMILES string of the molecule is CNS(=O)(=O)c1ccc2oc(C(=O)NC3CCC(O)CC3)cc2c1. The summed E-state index contributed by atoms with van der Waals surface area (Å²) in [6.07, 6.45) is 2.54. The first-order valence-corrected chi connectivity index (χ1v) is 9.33. The van der Waals surface area contributed by atoms with E-state index in [1.807, 2.05) is 0 Å². The first-order valence-electron chi connectivity index (χ1n) is 7.85. The molecule has 130 valence electrons. The van der Waals surface area contributed by atoms with Gasteiger partial charge in [0.2, 0.25) is 10.0 Å². The molecule has 0 saturated heterocycles. The predicted octanol–water partition coefficient (Wildman–Crippen LogP) is 1.37. The van der Waals surface area contributed by atoms with Crippen LogP contribution in [0, 0.1) is 0 Å². The van der Waals surface area contributed by atoms with E-state index in [9.17, 15) is 18.3 Å². The standard InChI is InChI=1S/C16H20N2O5S/c1-17-24(21,22)13-6-7-14-10(8-13)9-15(23-14)16(20)18-11-2-4-12(19)5-3-11/h6-9,11-12,17,19H,2-5H2,1H3,(H,18,20). The van der Waals surface area contributed by atoms with E-state index >= 15 is 0 Å². The number of rotatable bonds is 4. The smallest absolute Gasteiger partial charge is 0.287 e. The lowest BCUT2D eigenvalue weighted by molar-refractivity contribution is 0.0845. The number of furan rings is 1. The molecule has 2 aromatic rings. The Labute approximate surface area is 140 Å². The number of nitrogens with one attached hydrogen (secondary N) is 2. The van der Waals surface area contributed by atoms with Crippen molar-refractivity contribution in [1.29, 1.82) is 0 Å². The predicted molar refractivity (Wildman–Crippen MR) is 88.2 cm³/mol. The number of sulfonamides is 1. The van der Waals surface area contributed by atoms with Crippen LogP contribution in [0.1, 0.15) is 36.2 Å². The number of aliphatic hydroxyl groups is 1. The minimum absolute atomic E-state index is 0.0225. The van der Waals surface area contributed by atoms with Crippen LogP contribution in [0.5, 0.6) is 0 Å². The summed E-state index contributed by atoms with van der Waals surface area (Å²) in [4.78, 5) is 12.4. The second kappa shape index (κ2) is 6.54. The maximum absolute atomic E-state index is 12.3. The molecule has 0 bridgehead atoms. The van der Waals surface area contributed by atoms with E-state index in [4.69, 9.17) is 4.42 Å². The second-order valence-corrected chi connectivity index (χ2v) is 7.88. The third-order valence-corrected chi connectivity index (χ3v) is 5.73. The molecule has 1 aliphatic carbocycles. The van der Waals surface area contributed by atoms with Gasteiger partial charge in [0.15, 0.2) is 5.76 Å². The van der Waals surface area contributed by atoms with Crippen LogP contribution in [-0.4, -0.2) is 38.6 Å². The molecule has 1 aliphatic rings. The molecule has 1 heterocycles. The highest BCUT2D eigenvalue weighted by molar-refractivity contribution is 7.89. The Balaban J connectivity index is 1.79. The van der Waals surface area contributed by atoms with Gasteiger partial charge < -0.3 is 14.8 Å². The minimum atomic E-state index is -3.54. The van der Waals surface area contributed by atoms with Gasteiger partial charge in [0.05, 0.1) is 11.0 Å². The van der Waals surface area contributed by atoms with E-state index in [0.29, 0.717) is 23.8 Å². The van der Waals surface area contributed by atoms with Crippen molar-refractivity contribution < 1.29 is 22.7 Å². The lowest BCUT2D eigenvalue weighted by Gasteiger charge is -2.25. The fourth-order valence-electron chi connectivity index (χ4n) is 2.90. The number of hydrogen-bond donors (Lipinski definition) is 3. The Morgan fingerprint density at radius 3 is 2.58 bits per heavy atom. The first-order chi connectivity index (χ1) is 11.4. The van der Waals surface area contributed by atoms with Gasteiger partial charge in [0.25, 0.3) is 5.91 Å². The maximum Gasteiger partial charge on any atom is 0.287 e. The van der Waals surface area contributed by atoms with Gasteiger partial charge in [0.1, 0.15) is 5.58 Å². The molecule has 24 heavy (non-hydrogen) atoms. The maximum atomic E-state index is 12.3. The van der Waals surface area contributed by atoms with Gasteiger partial charge in [-0.3, -0.25) is 4.79 Å². The van der Waals surface area contributed by atoms with Crippen molar-refractivity contribution in [3.8, 4) is 0 Å². The third-order valence-electron chi connectivity index (χ3n) is 4.32. The Kier molecular flexibility index (Phi) is 4.62. The molecule has 3 rings (SSSR count). The van der Waals surface area contributed by atoms with E-state index in [1.54, 1.807) is 0 Å². The topological polar surface area (TPSA) is 109 Å². The third kappa shape index (κ3) is 3.45. The number of amides is 1. The van der Waals surface area contributed by atoms with Crippen LogP contribution in [0.2, 0.25) is 0 Å². The van der Waals surface area contributed by atoms with Crippen LogP contribution in [0.15, 0.2) is 33.6 Å². The summed E-state index contributed by atoms with van der Waals surface area (Å²) in [6.45, 7) is 0. The van der Waals surface area contributed by atoms with Gasteiger partial charge >= 0.3 is 0 Å². The van der Waals surface area contributed by atoms with Crippen molar-refractivity contribution in [3.05, 3.63) is 30.0 Å². The molecule has 1 aromatic heterocycles. The van der Waals surface area contributed by atoms with Crippen molar-refractivity contribution in [2.45, 2.75) is 42.7 Å². The number of fused-ring (bicyclic) bond motifs is 1. The van der Waals surface area contributed by atoms with E-state index in [1.165, 1.54) is 31.3 Å². The van der Waals surface area contributed by atoms with Gasteiger partial charge in [0, 0.05) is 11.4 Å². The fourth-order valence-corrected chi connectivity index (χ4v) is 3.66. The van der Waals surface area contributed by atoms with Crippen molar-refractivity contribution in [2.75, 3.05) is 7.05 Å². The molecular formula is C16H20N2O5S. The Bertz CT molecular complexity index is 850. The molecule has 1 fully saturated rings. The van der Waals surface area contributed by atoms with E-state index in [0.717, 1.165) is 12.8 Å². The lowest BCUT2D eigenvalue weighted by atomic mass is 9.93. The largest absolute Gasteiger partial charge is 0.451 e. The summed E-state index contributed by atoms with van der Waals surface area (Å²) < 4.78 is 31.4. The molecule has 0 radical (unpaired) electrons. The first kappa shape index (κ1) is 16.9. The summed E-state index contributed by atoms with van der Waals surface area (Å²) in [6, 6.07) is 6.00. The molecule has 1 saturated carbocycles. The zero-order valence-electron chi connectivity index (χ0n) is 13.3. The quantitative estimate of drug-likeness (QED) is 0.770. The zero-order valence-corrected chi connectivity index (χ0v) is 14.1. The molecule has 1 aromatic carbocycles. The number of hydrogen-bond acceptors (Lipinski definition) is 5. The molecule has 0 spiro atoms. The minimum Gasteiger partial charge on any atom is -0.451 e. The number of aliphatic hydroxyl groups excluding tert-OH is 1. The van der Waals surface area contributed by atoms with Gasteiger partial charge in [-0.25, -0.2) is 13.1 Å². The summed E-state index contributed by atoms with van der Waals surface area (Å²) in [5, 5.41) is 12.9. The average molecular weight is 352 g/mol. The van der Waals surface area contributed by atoms with Crippen LogP contribution in [-0.2, 0) is 10.0 Å². The number of carbonyl (C=O) groups excluding carboxylic acids is 1. The summed E-state index contributed by atoms with van der Waals surface area (Å²) >= 11 is 0. The Morgan fingerprint density at radius 1 is 1.21 bits per heavy atom. The van der Waals surface area contributed by atoms with Crippen LogP contribution in [0.3, 0.4) is 0 Å². The Hall–Kier alpha value is -1.90. The molecule has 3 N–H and O–H groups in total. The van der Waals surface area contributed by atoms with E-state index in [-0.39, 0.29) is 28.7 Å². The summed E-state index contributed by atoms with van der Waals surface area (Å²) in [5.41, 5.74) is 0.453. The highest BCUT2D eigenvalue weighted by Crippen LogP contribution is 2.24. The molecule has 8 heteroatoms. The van der Waals surface area contributed by atoms with Crippen molar-refractivity contribution in [1.82, 2.24) is 10.0 Å². The van der Waals surface area contributed by atoms with Crippen LogP contribution in [0.4, 0.5) is 0 Å². The summed E-state index contributed by atoms with van der Waals surface area (Å²) in [7, 11) is -2.20. The molecule has 7 nitrogen and oxygen atoms in total. The highest BCUT2D eigenvalue weighted by atomic mass is 32.2. The van der Waals surface area contributed by atoms with Gasteiger partial charge in [-0.15, -0.1) is 0 Å². The second-order valence-electron chi connectivity index (χ2n) is 6.00. The molecule has 0 aliphatic heterocycles. The van der Waals surface area contributed by atoms with Gasteiger partial charge in [-0.05, 0) is 57.0 Å². The Morgan fingerprint density at radius 2 is 1.92 bits per heavy atom. The average Bonchev–Trinajstić information content (AvgIpc) is 3.00. The lowest BCUT2D eigenvalue weighted by Crippen LogP contribution is -2.38. The molecule has 0 unspecified atom stereocenters. The molecule has 0 atom stereocenters. The van der Waals surface area contributed by atoms with E-state index in [2.05, 4.69) is 10.0 Å². The van der Waals surface area contributed by atoms with Crippen LogP contribution in [0.25, 0.3) is 11.0 Å². The number of carbonyl (C=O) groups is 1. The fraction of sp³-hybridized carbons (Fsp3) is 0.438. The van der Waals surface area contributed by atoms with Gasteiger partial charge in [-0.1, -0.05) is 0 Å². The normalized spacial score (nSPS) is 21.8. The zero-order chi connectivity index (χ0) is 17.3. The van der Waals surface area contributed by atoms with Gasteiger partial charge in [-0.2, -0.15) is 0 Å². The molecule has 1 amide bonds. The van der Waals surface area contributed by atoms with Crippen LogP contribution >= 0.6 is 0 Å². The monoisotopic (exact) mass is 352 g/mol. The number of benzene rings is 1. The highest BCUT2D eigenvalue weighted by Gasteiger charge is 2.23.